The van der Waals surface area contributed by atoms with Crippen molar-refractivity contribution in [1.82, 2.24) is 15.0 Å². The first-order valence-electron chi connectivity index (χ1n) is 15.4. The normalized spacial score (nSPS) is 10.6. The van der Waals surface area contributed by atoms with Crippen LogP contribution in [0.5, 0.6) is 23.0 Å². The van der Waals surface area contributed by atoms with Crippen LogP contribution in [-0.4, -0.2) is 38.4 Å². The van der Waals surface area contributed by atoms with E-state index in [9.17, 15) is 14.6 Å². The summed E-state index contributed by atoms with van der Waals surface area (Å²) in [7, 11) is 0. The van der Waals surface area contributed by atoms with Crippen molar-refractivity contribution < 1.29 is 24.1 Å². The molecule has 0 spiro atoms. The topological polar surface area (TPSA) is 97.6 Å². The fourth-order valence-corrected chi connectivity index (χ4v) is 4.36. The summed E-state index contributed by atoms with van der Waals surface area (Å²) in [6.45, 7) is 9.46. The molecule has 2 N–H and O–H groups in total. The molecule has 8 heteroatoms. The fraction of sp³-hybridized carbons (Fsp3) is 0.400. The molecule has 0 bridgehead atoms. The molecular formula is C35H44FN3O4. The Labute approximate surface area is 254 Å². The van der Waals surface area contributed by atoms with Gasteiger partial charge in [-0.3, -0.25) is 0 Å². The van der Waals surface area contributed by atoms with Crippen molar-refractivity contribution in [3.8, 4) is 57.2 Å². The van der Waals surface area contributed by atoms with Crippen molar-refractivity contribution in [2.24, 2.45) is 0 Å². The van der Waals surface area contributed by atoms with E-state index in [0.29, 0.717) is 41.4 Å². The highest BCUT2D eigenvalue weighted by Gasteiger charge is 2.17. The molecule has 7 nitrogen and oxygen atoms in total. The van der Waals surface area contributed by atoms with E-state index in [4.69, 9.17) is 9.47 Å². The van der Waals surface area contributed by atoms with Crippen LogP contribution in [0.3, 0.4) is 0 Å². The quantitative estimate of drug-likeness (QED) is 0.133. The minimum absolute atomic E-state index is 0.0469. The molecule has 0 unspecified atom stereocenters. The van der Waals surface area contributed by atoms with Crippen LogP contribution in [0.2, 0.25) is 0 Å². The number of aromatic nitrogens is 3. The summed E-state index contributed by atoms with van der Waals surface area (Å²) in [4.78, 5) is 13.7. The van der Waals surface area contributed by atoms with E-state index < -0.39 is 0 Å². The van der Waals surface area contributed by atoms with Crippen LogP contribution in [0, 0.1) is 5.82 Å². The summed E-state index contributed by atoms with van der Waals surface area (Å²) in [5.74, 6) is 1.32. The summed E-state index contributed by atoms with van der Waals surface area (Å²) in [5, 5.41) is 21.8. The number of benzene rings is 3. The van der Waals surface area contributed by atoms with Crippen LogP contribution in [-0.2, 0) is 0 Å². The zero-order valence-electron chi connectivity index (χ0n) is 25.8. The largest absolute Gasteiger partial charge is 0.507 e. The molecule has 0 atom stereocenters. The number of halogens is 1. The molecule has 0 aliphatic rings. The molecule has 43 heavy (non-hydrogen) atoms. The van der Waals surface area contributed by atoms with Gasteiger partial charge in [0, 0.05) is 17.7 Å². The lowest BCUT2D eigenvalue weighted by Crippen LogP contribution is -2.02. The average molecular weight is 590 g/mol. The Bertz CT molecular complexity index is 1330. The third kappa shape index (κ3) is 9.94. The van der Waals surface area contributed by atoms with Gasteiger partial charge in [0.2, 0.25) is 0 Å². The van der Waals surface area contributed by atoms with Crippen LogP contribution in [0.1, 0.15) is 79.1 Å². The van der Waals surface area contributed by atoms with E-state index in [-0.39, 0.29) is 34.8 Å². The van der Waals surface area contributed by atoms with E-state index in [1.807, 2.05) is 13.8 Å². The van der Waals surface area contributed by atoms with E-state index in [2.05, 4.69) is 28.8 Å². The standard InChI is InChI=1S/C33H38FN3O4.C2H6/c1-3-5-7-9-19-40-25-15-17-27(29(38)21-25)32-35-31(23-11-13-24(34)14-12-23)36-33(37-32)28-18-16-26(22-30(28)39)41-20-10-8-6-4-2;1-2/h11-18,21-22,38-39H,3-10,19-20H2,1-2H3;1-2H3. The zero-order valence-corrected chi connectivity index (χ0v) is 25.8. The predicted octanol–water partition coefficient (Wildman–Crippen LogP) is 9.37. The van der Waals surface area contributed by atoms with Gasteiger partial charge in [-0.05, 0) is 61.4 Å². The van der Waals surface area contributed by atoms with Gasteiger partial charge in [0.15, 0.2) is 17.5 Å². The first-order valence-corrected chi connectivity index (χ1v) is 15.4. The number of phenols is 2. The van der Waals surface area contributed by atoms with Gasteiger partial charge in [0.1, 0.15) is 28.8 Å². The first-order chi connectivity index (χ1) is 21.0. The Morgan fingerprint density at radius 3 is 1.44 bits per heavy atom. The van der Waals surface area contributed by atoms with Gasteiger partial charge in [-0.25, -0.2) is 19.3 Å². The molecule has 3 aromatic carbocycles. The number of phenolic OH excluding ortho intramolecular Hbond substituents is 2. The number of hydrogen-bond donors (Lipinski definition) is 2. The molecule has 230 valence electrons. The van der Waals surface area contributed by atoms with Crippen molar-refractivity contribution >= 4 is 0 Å². The van der Waals surface area contributed by atoms with Crippen molar-refractivity contribution in [2.75, 3.05) is 13.2 Å². The Hall–Kier alpha value is -4.20. The highest BCUT2D eigenvalue weighted by molar-refractivity contribution is 5.72. The smallest absolute Gasteiger partial charge is 0.167 e. The van der Waals surface area contributed by atoms with Crippen LogP contribution < -0.4 is 9.47 Å². The summed E-state index contributed by atoms with van der Waals surface area (Å²) in [6, 6.07) is 15.8. The molecule has 1 heterocycles. The molecule has 0 saturated heterocycles. The lowest BCUT2D eigenvalue weighted by atomic mass is 10.1. The van der Waals surface area contributed by atoms with Crippen LogP contribution in [0.15, 0.2) is 60.7 Å². The van der Waals surface area contributed by atoms with Gasteiger partial charge in [-0.1, -0.05) is 66.2 Å². The van der Waals surface area contributed by atoms with Crippen LogP contribution in [0.25, 0.3) is 34.2 Å². The van der Waals surface area contributed by atoms with Crippen LogP contribution in [0.4, 0.5) is 4.39 Å². The minimum atomic E-state index is -0.380. The van der Waals surface area contributed by atoms with Crippen LogP contribution >= 0.6 is 0 Å². The van der Waals surface area contributed by atoms with Crippen molar-refractivity contribution in [1.29, 1.82) is 0 Å². The fourth-order valence-electron chi connectivity index (χ4n) is 4.36. The second-order valence-corrected chi connectivity index (χ2v) is 9.99. The number of rotatable bonds is 15. The number of hydrogen-bond acceptors (Lipinski definition) is 7. The molecule has 4 rings (SSSR count). The third-order valence-electron chi connectivity index (χ3n) is 6.69. The summed E-state index contributed by atoms with van der Waals surface area (Å²) < 4.78 is 25.2. The number of nitrogens with zero attached hydrogens (tertiary/aromatic N) is 3. The molecule has 0 amide bonds. The molecule has 0 aliphatic heterocycles. The summed E-state index contributed by atoms with van der Waals surface area (Å²) in [5.41, 5.74) is 1.32. The Morgan fingerprint density at radius 2 is 1.02 bits per heavy atom. The molecule has 1 aromatic heterocycles. The third-order valence-corrected chi connectivity index (χ3v) is 6.69. The maximum absolute atomic E-state index is 13.6. The van der Waals surface area contributed by atoms with E-state index in [1.165, 1.54) is 12.1 Å². The van der Waals surface area contributed by atoms with Crippen molar-refractivity contribution in [3.05, 3.63) is 66.5 Å². The van der Waals surface area contributed by atoms with E-state index in [1.54, 1.807) is 48.5 Å². The maximum Gasteiger partial charge on any atom is 0.167 e. The predicted molar refractivity (Wildman–Crippen MR) is 170 cm³/mol. The first kappa shape index (κ1) is 33.3. The van der Waals surface area contributed by atoms with Gasteiger partial charge in [-0.2, -0.15) is 0 Å². The zero-order chi connectivity index (χ0) is 31.0. The minimum Gasteiger partial charge on any atom is -0.507 e. The molecule has 4 aromatic rings. The lowest BCUT2D eigenvalue weighted by Gasteiger charge is -2.12. The van der Waals surface area contributed by atoms with Gasteiger partial charge in [0.05, 0.1) is 24.3 Å². The van der Waals surface area contributed by atoms with Crippen molar-refractivity contribution in [3.63, 3.8) is 0 Å². The van der Waals surface area contributed by atoms with Gasteiger partial charge >= 0.3 is 0 Å². The van der Waals surface area contributed by atoms with Gasteiger partial charge in [0.25, 0.3) is 0 Å². The van der Waals surface area contributed by atoms with E-state index in [0.717, 1.165) is 51.4 Å². The Balaban J connectivity index is 0.00000248. The second kappa shape index (κ2) is 17.7. The monoisotopic (exact) mass is 589 g/mol. The Morgan fingerprint density at radius 1 is 0.581 bits per heavy atom. The second-order valence-electron chi connectivity index (χ2n) is 9.99. The summed E-state index contributed by atoms with van der Waals surface area (Å²) >= 11 is 0. The molecule has 0 fully saturated rings. The highest BCUT2D eigenvalue weighted by atomic mass is 19.1. The Kier molecular flexibility index (Phi) is 13.7. The lowest BCUT2D eigenvalue weighted by molar-refractivity contribution is 0.303. The van der Waals surface area contributed by atoms with Crippen molar-refractivity contribution in [2.45, 2.75) is 79.1 Å². The van der Waals surface area contributed by atoms with Gasteiger partial charge < -0.3 is 19.7 Å². The maximum atomic E-state index is 13.6. The molecule has 0 aliphatic carbocycles. The number of ether oxygens (including phenoxy) is 2. The molecule has 0 radical (unpaired) electrons. The van der Waals surface area contributed by atoms with Gasteiger partial charge in [-0.15, -0.1) is 0 Å². The van der Waals surface area contributed by atoms with E-state index >= 15 is 0 Å². The number of aromatic hydroxyl groups is 2. The summed E-state index contributed by atoms with van der Waals surface area (Å²) in [6.07, 6.45) is 8.71. The highest BCUT2D eigenvalue weighted by Crippen LogP contribution is 2.35. The molecular weight excluding hydrogens is 545 g/mol. The SMILES string of the molecule is CC.CCCCCCOc1ccc(-c2nc(-c3ccc(F)cc3)nc(-c3ccc(OCCCCCC)cc3O)n2)c(O)c1. The average Bonchev–Trinajstić information content (AvgIpc) is 3.02. The number of unbranched alkanes of at least 4 members (excludes halogenated alkanes) is 6. The molecule has 0 saturated carbocycles.